The summed E-state index contributed by atoms with van der Waals surface area (Å²) in [5.41, 5.74) is 4.42. The number of hydrogen-bond acceptors (Lipinski definition) is 6. The highest BCUT2D eigenvalue weighted by molar-refractivity contribution is 5.74. The van der Waals surface area contributed by atoms with E-state index < -0.39 is 5.97 Å². The third-order valence-corrected chi connectivity index (χ3v) is 7.65. The molecule has 41 heavy (non-hydrogen) atoms. The van der Waals surface area contributed by atoms with E-state index in [1.807, 2.05) is 48.5 Å². The first-order valence-corrected chi connectivity index (χ1v) is 13.9. The van der Waals surface area contributed by atoms with Crippen LogP contribution >= 0.6 is 0 Å². The lowest BCUT2D eigenvalue weighted by Crippen LogP contribution is -2.30. The number of methoxy groups -OCH3 is 1. The summed E-state index contributed by atoms with van der Waals surface area (Å²) >= 11 is 0. The molecule has 6 nitrogen and oxygen atoms in total. The molecule has 0 aromatic heterocycles. The van der Waals surface area contributed by atoms with Gasteiger partial charge in [0.25, 0.3) is 0 Å². The van der Waals surface area contributed by atoms with Gasteiger partial charge in [-0.1, -0.05) is 67.8 Å². The lowest BCUT2D eigenvalue weighted by Gasteiger charge is -2.38. The Morgan fingerprint density at radius 2 is 1.07 bits per heavy atom. The van der Waals surface area contributed by atoms with Crippen molar-refractivity contribution < 1.29 is 28.5 Å². The van der Waals surface area contributed by atoms with Gasteiger partial charge >= 0.3 is 11.9 Å². The molecule has 0 radical (unpaired) electrons. The van der Waals surface area contributed by atoms with Gasteiger partial charge in [-0.25, -0.2) is 4.79 Å². The zero-order chi connectivity index (χ0) is 28.7. The van der Waals surface area contributed by atoms with Gasteiger partial charge in [-0.05, 0) is 83.6 Å². The molecule has 4 aromatic rings. The van der Waals surface area contributed by atoms with E-state index >= 15 is 0 Å². The van der Waals surface area contributed by atoms with Crippen LogP contribution in [0.25, 0.3) is 11.1 Å². The number of carbonyl (C=O) groups is 2. The summed E-state index contributed by atoms with van der Waals surface area (Å²) in [6, 6.07) is 31.0. The molecule has 0 amide bonds. The van der Waals surface area contributed by atoms with Crippen LogP contribution < -0.4 is 18.9 Å². The molecule has 0 N–H and O–H groups in total. The fourth-order valence-electron chi connectivity index (χ4n) is 5.58. The maximum atomic E-state index is 12.5. The normalized spacial score (nSPS) is 14.1. The summed E-state index contributed by atoms with van der Waals surface area (Å²) in [5.74, 6) is 1.59. The van der Waals surface area contributed by atoms with Crippen LogP contribution in [0.15, 0.2) is 97.1 Å². The van der Waals surface area contributed by atoms with Gasteiger partial charge in [0.15, 0.2) is 6.61 Å². The van der Waals surface area contributed by atoms with E-state index in [0.717, 1.165) is 29.7 Å². The Morgan fingerprint density at radius 1 is 0.610 bits per heavy atom. The van der Waals surface area contributed by atoms with Crippen molar-refractivity contribution in [2.75, 3.05) is 13.7 Å². The highest BCUT2D eigenvalue weighted by Gasteiger charge is 2.35. The summed E-state index contributed by atoms with van der Waals surface area (Å²) in [6.45, 7) is 1.17. The minimum atomic E-state index is -0.467. The monoisotopic (exact) mass is 550 g/mol. The number of rotatable bonds is 9. The number of benzene rings is 4. The molecular formula is C35H34O6. The Morgan fingerprint density at radius 3 is 1.59 bits per heavy atom. The molecule has 0 spiro atoms. The SMILES string of the molecule is COc1ccc(C2(c3ccc(OC(=O)COc4ccc(-c5ccc(OC(C)=O)cc5)cc4)cc3)CCCCC2)cc1. The van der Waals surface area contributed by atoms with Crippen LogP contribution in [-0.2, 0) is 15.0 Å². The number of ether oxygens (including phenoxy) is 4. The Balaban J connectivity index is 1.18. The predicted octanol–water partition coefficient (Wildman–Crippen LogP) is 7.52. The van der Waals surface area contributed by atoms with Gasteiger partial charge < -0.3 is 18.9 Å². The van der Waals surface area contributed by atoms with Crippen molar-refractivity contribution in [2.24, 2.45) is 0 Å². The standard InChI is InChI=1S/C35H34O6/c1-25(36)40-32-16-8-27(9-17-32)26-6-14-31(15-7-26)39-24-34(37)41-33-20-12-29(13-21-33)35(22-4-3-5-23-35)28-10-18-30(38-2)19-11-28/h6-21H,3-5,22-24H2,1-2H3. The molecule has 210 valence electrons. The smallest absolute Gasteiger partial charge is 0.349 e. The zero-order valence-electron chi connectivity index (χ0n) is 23.4. The van der Waals surface area contributed by atoms with Gasteiger partial charge in [0.05, 0.1) is 7.11 Å². The van der Waals surface area contributed by atoms with Crippen LogP contribution in [0, 0.1) is 0 Å². The molecule has 1 aliphatic rings. The van der Waals surface area contributed by atoms with Crippen LogP contribution in [0.1, 0.15) is 50.2 Å². The third kappa shape index (κ3) is 6.77. The van der Waals surface area contributed by atoms with Crippen molar-refractivity contribution in [3.05, 3.63) is 108 Å². The van der Waals surface area contributed by atoms with Crippen LogP contribution in [0.2, 0.25) is 0 Å². The van der Waals surface area contributed by atoms with Crippen molar-refractivity contribution >= 4 is 11.9 Å². The van der Waals surface area contributed by atoms with E-state index in [0.29, 0.717) is 17.2 Å². The van der Waals surface area contributed by atoms with Crippen molar-refractivity contribution in [1.29, 1.82) is 0 Å². The molecule has 0 aliphatic heterocycles. The molecule has 4 aromatic carbocycles. The quantitative estimate of drug-likeness (QED) is 0.159. The fraction of sp³-hybridized carbons (Fsp3) is 0.257. The lowest BCUT2D eigenvalue weighted by molar-refractivity contribution is -0.136. The lowest BCUT2D eigenvalue weighted by atomic mass is 9.65. The summed E-state index contributed by atoms with van der Waals surface area (Å²) < 4.78 is 21.7. The second-order valence-electron chi connectivity index (χ2n) is 10.3. The molecule has 6 heteroatoms. The summed E-state index contributed by atoms with van der Waals surface area (Å²) in [6.07, 6.45) is 5.79. The number of esters is 2. The first kappa shape index (κ1) is 28.0. The highest BCUT2D eigenvalue weighted by Crippen LogP contribution is 2.45. The molecule has 5 rings (SSSR count). The second-order valence-corrected chi connectivity index (χ2v) is 10.3. The van der Waals surface area contributed by atoms with Crippen molar-refractivity contribution in [2.45, 2.75) is 44.4 Å². The van der Waals surface area contributed by atoms with Gasteiger partial charge in [-0.3, -0.25) is 4.79 Å². The average molecular weight is 551 g/mol. The van der Waals surface area contributed by atoms with Crippen LogP contribution in [0.3, 0.4) is 0 Å². The molecule has 0 atom stereocenters. The Bertz CT molecular complexity index is 1450. The molecule has 1 aliphatic carbocycles. The number of carbonyl (C=O) groups excluding carboxylic acids is 2. The molecular weight excluding hydrogens is 516 g/mol. The summed E-state index contributed by atoms with van der Waals surface area (Å²) in [7, 11) is 1.68. The first-order valence-electron chi connectivity index (χ1n) is 13.9. The highest BCUT2D eigenvalue weighted by atomic mass is 16.6. The van der Waals surface area contributed by atoms with Crippen LogP contribution in [0.4, 0.5) is 0 Å². The van der Waals surface area contributed by atoms with E-state index in [9.17, 15) is 9.59 Å². The van der Waals surface area contributed by atoms with Gasteiger partial charge in [0, 0.05) is 12.3 Å². The van der Waals surface area contributed by atoms with E-state index in [1.54, 1.807) is 31.4 Å². The largest absolute Gasteiger partial charge is 0.497 e. The first-order chi connectivity index (χ1) is 19.9. The Kier molecular flexibility index (Phi) is 8.68. The van der Waals surface area contributed by atoms with E-state index in [1.165, 1.54) is 37.3 Å². The minimum Gasteiger partial charge on any atom is -0.497 e. The van der Waals surface area contributed by atoms with E-state index in [4.69, 9.17) is 18.9 Å². The van der Waals surface area contributed by atoms with Gasteiger partial charge in [0.2, 0.25) is 0 Å². The topological polar surface area (TPSA) is 71.1 Å². The minimum absolute atomic E-state index is 0.0489. The molecule has 0 saturated heterocycles. The number of hydrogen-bond donors (Lipinski definition) is 0. The molecule has 1 fully saturated rings. The second kappa shape index (κ2) is 12.7. The molecule has 0 bridgehead atoms. The van der Waals surface area contributed by atoms with E-state index in [-0.39, 0.29) is 18.0 Å². The molecule has 1 saturated carbocycles. The van der Waals surface area contributed by atoms with E-state index in [2.05, 4.69) is 24.3 Å². The van der Waals surface area contributed by atoms with Gasteiger partial charge in [-0.15, -0.1) is 0 Å². The predicted molar refractivity (Wildman–Crippen MR) is 158 cm³/mol. The Hall–Kier alpha value is -4.58. The summed E-state index contributed by atoms with van der Waals surface area (Å²) in [5, 5.41) is 0. The average Bonchev–Trinajstić information content (AvgIpc) is 3.01. The van der Waals surface area contributed by atoms with Gasteiger partial charge in [-0.2, -0.15) is 0 Å². The fourth-order valence-corrected chi connectivity index (χ4v) is 5.58. The maximum Gasteiger partial charge on any atom is 0.349 e. The van der Waals surface area contributed by atoms with Crippen LogP contribution in [0.5, 0.6) is 23.0 Å². The van der Waals surface area contributed by atoms with Crippen molar-refractivity contribution in [1.82, 2.24) is 0 Å². The maximum absolute atomic E-state index is 12.5. The third-order valence-electron chi connectivity index (χ3n) is 7.65. The van der Waals surface area contributed by atoms with Crippen molar-refractivity contribution in [3.63, 3.8) is 0 Å². The van der Waals surface area contributed by atoms with Crippen LogP contribution in [-0.4, -0.2) is 25.7 Å². The zero-order valence-corrected chi connectivity index (χ0v) is 23.4. The molecule has 0 unspecified atom stereocenters. The van der Waals surface area contributed by atoms with Crippen molar-refractivity contribution in [3.8, 4) is 34.1 Å². The molecule has 0 heterocycles. The van der Waals surface area contributed by atoms with Gasteiger partial charge in [0.1, 0.15) is 23.0 Å². The Labute approximate surface area is 240 Å². The summed E-state index contributed by atoms with van der Waals surface area (Å²) in [4.78, 5) is 23.6.